The van der Waals surface area contributed by atoms with Gasteiger partial charge in [0.2, 0.25) is 0 Å². The fraction of sp³-hybridized carbons (Fsp3) is 0.100. The Morgan fingerprint density at radius 1 is 1.47 bits per heavy atom. The van der Waals surface area contributed by atoms with Gasteiger partial charge in [0.25, 0.3) is 0 Å². The number of methoxy groups -OCH3 is 1. The Kier molecular flexibility index (Phi) is 2.97. The van der Waals surface area contributed by atoms with Gasteiger partial charge < -0.3 is 4.74 Å². The van der Waals surface area contributed by atoms with Crippen molar-refractivity contribution in [3.05, 3.63) is 32.7 Å². The number of rotatable bonds is 1. The van der Waals surface area contributed by atoms with Gasteiger partial charge in [0.05, 0.1) is 21.1 Å². The number of aromatic nitrogens is 1. The van der Waals surface area contributed by atoms with Crippen molar-refractivity contribution in [3.63, 3.8) is 0 Å². The van der Waals surface area contributed by atoms with Gasteiger partial charge in [-0.25, -0.2) is 4.39 Å². The molecule has 2 rings (SSSR count). The summed E-state index contributed by atoms with van der Waals surface area (Å²) in [5.41, 5.74) is 0.236. The van der Waals surface area contributed by atoms with E-state index in [1.807, 2.05) is 22.6 Å². The third-order valence-electron chi connectivity index (χ3n) is 2.05. The van der Waals surface area contributed by atoms with Crippen LogP contribution in [0, 0.1) is 9.39 Å². The van der Waals surface area contributed by atoms with Crippen molar-refractivity contribution in [2.75, 3.05) is 7.11 Å². The molecule has 0 saturated carbocycles. The van der Waals surface area contributed by atoms with Crippen molar-refractivity contribution in [2.24, 2.45) is 0 Å². The molecule has 2 nitrogen and oxygen atoms in total. The predicted molar refractivity (Wildman–Crippen MR) is 66.0 cm³/mol. The number of nitrogens with zero attached hydrogens (tertiary/aromatic N) is 1. The van der Waals surface area contributed by atoms with Gasteiger partial charge in [-0.15, -0.1) is 0 Å². The van der Waals surface area contributed by atoms with Crippen LogP contribution in [0.2, 0.25) is 5.02 Å². The topological polar surface area (TPSA) is 22.1 Å². The van der Waals surface area contributed by atoms with Crippen molar-refractivity contribution in [3.8, 4) is 5.75 Å². The van der Waals surface area contributed by atoms with Crippen LogP contribution in [0.4, 0.5) is 4.39 Å². The van der Waals surface area contributed by atoms with Crippen LogP contribution in [0.3, 0.4) is 0 Å². The number of hydrogen-bond acceptors (Lipinski definition) is 2. The van der Waals surface area contributed by atoms with Crippen LogP contribution < -0.4 is 4.74 Å². The minimum atomic E-state index is -0.399. The molecule has 0 aliphatic heterocycles. The first kappa shape index (κ1) is 10.9. The maximum absolute atomic E-state index is 13.4. The minimum Gasteiger partial charge on any atom is -0.496 e. The maximum atomic E-state index is 13.4. The predicted octanol–water partition coefficient (Wildman–Crippen LogP) is 3.64. The molecule has 78 valence electrons. The van der Waals surface area contributed by atoms with E-state index in [4.69, 9.17) is 16.3 Å². The SMILES string of the molecule is COc1ccc(F)c2ncc(I)c(Cl)c12. The van der Waals surface area contributed by atoms with E-state index < -0.39 is 5.82 Å². The number of pyridine rings is 1. The highest BCUT2D eigenvalue weighted by Crippen LogP contribution is 2.34. The van der Waals surface area contributed by atoms with E-state index in [0.29, 0.717) is 16.2 Å². The van der Waals surface area contributed by atoms with E-state index in [1.165, 1.54) is 19.4 Å². The van der Waals surface area contributed by atoms with Gasteiger partial charge in [-0.1, -0.05) is 11.6 Å². The van der Waals surface area contributed by atoms with Crippen molar-refractivity contribution < 1.29 is 9.13 Å². The summed E-state index contributed by atoms with van der Waals surface area (Å²) in [6.07, 6.45) is 1.54. The fourth-order valence-corrected chi connectivity index (χ4v) is 1.99. The molecule has 15 heavy (non-hydrogen) atoms. The van der Waals surface area contributed by atoms with Crippen LogP contribution >= 0.6 is 34.2 Å². The van der Waals surface area contributed by atoms with E-state index in [9.17, 15) is 4.39 Å². The molecule has 0 saturated heterocycles. The molecule has 0 radical (unpaired) electrons. The highest BCUT2D eigenvalue weighted by Gasteiger charge is 2.13. The molecule has 0 aliphatic rings. The Labute approximate surface area is 105 Å². The number of hydrogen-bond donors (Lipinski definition) is 0. The summed E-state index contributed by atoms with van der Waals surface area (Å²) in [7, 11) is 1.52. The van der Waals surface area contributed by atoms with Gasteiger partial charge in [0.15, 0.2) is 0 Å². The van der Waals surface area contributed by atoms with Crippen LogP contribution in [-0.2, 0) is 0 Å². The maximum Gasteiger partial charge on any atom is 0.149 e. The minimum absolute atomic E-state index is 0.236. The largest absolute Gasteiger partial charge is 0.496 e. The standard InChI is InChI=1S/C10H6ClFINO/c1-15-7-3-2-5(12)10-8(7)9(11)6(13)4-14-10/h2-4H,1H3. The first-order valence-corrected chi connectivity index (χ1v) is 5.57. The summed E-state index contributed by atoms with van der Waals surface area (Å²) < 4.78 is 19.3. The van der Waals surface area contributed by atoms with Crippen LogP contribution in [-0.4, -0.2) is 12.1 Å². The molecule has 0 unspecified atom stereocenters. The Morgan fingerprint density at radius 2 is 2.20 bits per heavy atom. The van der Waals surface area contributed by atoms with Gasteiger partial charge in [-0.3, -0.25) is 4.98 Å². The van der Waals surface area contributed by atoms with E-state index in [2.05, 4.69) is 4.98 Å². The highest BCUT2D eigenvalue weighted by molar-refractivity contribution is 14.1. The van der Waals surface area contributed by atoms with Gasteiger partial charge >= 0.3 is 0 Å². The van der Waals surface area contributed by atoms with Crippen LogP contribution in [0.1, 0.15) is 0 Å². The number of benzene rings is 1. The van der Waals surface area contributed by atoms with Gasteiger partial charge in [-0.2, -0.15) is 0 Å². The van der Waals surface area contributed by atoms with E-state index in [0.717, 1.165) is 3.57 Å². The molecule has 2 aromatic rings. The second-order valence-corrected chi connectivity index (χ2v) is 4.43. The third kappa shape index (κ3) is 1.76. The van der Waals surface area contributed by atoms with Crippen LogP contribution in [0.5, 0.6) is 5.75 Å². The molecule has 0 aliphatic carbocycles. The molecule has 0 bridgehead atoms. The molecule has 0 amide bonds. The van der Waals surface area contributed by atoms with Crippen molar-refractivity contribution in [1.29, 1.82) is 0 Å². The summed E-state index contributed by atoms with van der Waals surface area (Å²) in [5.74, 6) is 0.131. The molecular weight excluding hydrogens is 331 g/mol. The monoisotopic (exact) mass is 337 g/mol. The lowest BCUT2D eigenvalue weighted by Crippen LogP contribution is -1.92. The van der Waals surface area contributed by atoms with Crippen LogP contribution in [0.15, 0.2) is 18.3 Å². The second kappa shape index (κ2) is 4.09. The van der Waals surface area contributed by atoms with E-state index in [-0.39, 0.29) is 5.52 Å². The van der Waals surface area contributed by atoms with Gasteiger partial charge in [0, 0.05) is 6.20 Å². The lowest BCUT2D eigenvalue weighted by atomic mass is 10.2. The highest BCUT2D eigenvalue weighted by atomic mass is 127. The van der Waals surface area contributed by atoms with E-state index in [1.54, 1.807) is 6.07 Å². The fourth-order valence-electron chi connectivity index (χ4n) is 1.35. The molecule has 1 heterocycles. The smallest absolute Gasteiger partial charge is 0.149 e. The molecule has 1 aromatic heterocycles. The number of fused-ring (bicyclic) bond motifs is 1. The van der Waals surface area contributed by atoms with Crippen molar-refractivity contribution in [1.82, 2.24) is 4.98 Å². The first-order valence-electron chi connectivity index (χ1n) is 4.11. The average molecular weight is 338 g/mol. The van der Waals surface area contributed by atoms with Crippen molar-refractivity contribution >= 4 is 45.1 Å². The lowest BCUT2D eigenvalue weighted by molar-refractivity contribution is 0.419. The molecule has 1 aromatic carbocycles. The molecule has 0 spiro atoms. The van der Waals surface area contributed by atoms with Gasteiger partial charge in [-0.05, 0) is 34.7 Å². The van der Waals surface area contributed by atoms with Crippen LogP contribution in [0.25, 0.3) is 10.9 Å². The average Bonchev–Trinajstić information content (AvgIpc) is 2.24. The van der Waals surface area contributed by atoms with Gasteiger partial charge in [0.1, 0.15) is 17.1 Å². The summed E-state index contributed by atoms with van der Waals surface area (Å²) >= 11 is 8.13. The molecule has 5 heteroatoms. The lowest BCUT2D eigenvalue weighted by Gasteiger charge is -2.08. The number of halogens is 3. The van der Waals surface area contributed by atoms with Crippen molar-refractivity contribution in [2.45, 2.75) is 0 Å². The molecular formula is C10H6ClFINO. The third-order valence-corrected chi connectivity index (χ3v) is 3.58. The Balaban J connectivity index is 2.95. The zero-order chi connectivity index (χ0) is 11.0. The Hall–Kier alpha value is -0.620. The normalized spacial score (nSPS) is 10.7. The zero-order valence-electron chi connectivity index (χ0n) is 7.72. The Bertz CT molecular complexity index is 532. The summed E-state index contributed by atoms with van der Waals surface area (Å²) in [6.45, 7) is 0. The summed E-state index contributed by atoms with van der Waals surface area (Å²) in [5, 5.41) is 0.989. The zero-order valence-corrected chi connectivity index (χ0v) is 10.6. The summed E-state index contributed by atoms with van der Waals surface area (Å²) in [6, 6.07) is 2.86. The molecule has 0 atom stereocenters. The Morgan fingerprint density at radius 3 is 2.87 bits per heavy atom. The second-order valence-electron chi connectivity index (χ2n) is 2.89. The van der Waals surface area contributed by atoms with E-state index >= 15 is 0 Å². The number of ether oxygens (including phenoxy) is 1. The molecule has 0 fully saturated rings. The summed E-state index contributed by atoms with van der Waals surface area (Å²) in [4.78, 5) is 4.00. The molecule has 0 N–H and O–H groups in total. The quantitative estimate of drug-likeness (QED) is 0.741. The first-order chi connectivity index (χ1) is 7.15.